The van der Waals surface area contributed by atoms with Crippen molar-refractivity contribution in [2.45, 2.75) is 20.3 Å². The maximum absolute atomic E-state index is 11.9. The maximum Gasteiger partial charge on any atom is 0.257 e. The SMILES string of the molecule is Cc1ccc(OCC(=O)NCCc2coc3ccccc23)c(C)c1. The van der Waals surface area contributed by atoms with E-state index in [1.54, 1.807) is 6.26 Å². The van der Waals surface area contributed by atoms with Gasteiger partial charge in [-0.15, -0.1) is 0 Å². The van der Waals surface area contributed by atoms with E-state index >= 15 is 0 Å². The summed E-state index contributed by atoms with van der Waals surface area (Å²) in [6.07, 6.45) is 2.48. The second-order valence-electron chi connectivity index (χ2n) is 5.91. The molecule has 0 bridgehead atoms. The van der Waals surface area contributed by atoms with Crippen LogP contribution in [0.4, 0.5) is 0 Å². The minimum atomic E-state index is -0.122. The number of furan rings is 1. The van der Waals surface area contributed by atoms with Crippen molar-refractivity contribution in [1.29, 1.82) is 0 Å². The maximum atomic E-state index is 11.9. The third kappa shape index (κ3) is 3.77. The van der Waals surface area contributed by atoms with Gasteiger partial charge in [0.15, 0.2) is 6.61 Å². The number of ether oxygens (including phenoxy) is 1. The van der Waals surface area contributed by atoms with Gasteiger partial charge in [0.1, 0.15) is 11.3 Å². The van der Waals surface area contributed by atoms with Gasteiger partial charge in [0.25, 0.3) is 5.91 Å². The lowest BCUT2D eigenvalue weighted by molar-refractivity contribution is -0.123. The largest absolute Gasteiger partial charge is 0.484 e. The Bertz CT molecular complexity index is 851. The molecule has 124 valence electrons. The van der Waals surface area contributed by atoms with Crippen molar-refractivity contribution < 1.29 is 13.9 Å². The monoisotopic (exact) mass is 323 g/mol. The smallest absolute Gasteiger partial charge is 0.257 e. The molecule has 0 fully saturated rings. The van der Waals surface area contributed by atoms with Crippen LogP contribution in [0.25, 0.3) is 11.0 Å². The van der Waals surface area contributed by atoms with Gasteiger partial charge in [-0.2, -0.15) is 0 Å². The van der Waals surface area contributed by atoms with Gasteiger partial charge in [-0.3, -0.25) is 4.79 Å². The van der Waals surface area contributed by atoms with Crippen LogP contribution in [0.3, 0.4) is 0 Å². The first-order valence-corrected chi connectivity index (χ1v) is 8.05. The summed E-state index contributed by atoms with van der Waals surface area (Å²) in [5.41, 5.74) is 4.18. The number of benzene rings is 2. The summed E-state index contributed by atoms with van der Waals surface area (Å²) in [5.74, 6) is 0.624. The lowest BCUT2D eigenvalue weighted by Crippen LogP contribution is -2.30. The average molecular weight is 323 g/mol. The van der Waals surface area contributed by atoms with E-state index in [1.165, 1.54) is 5.56 Å². The molecular formula is C20H21NO3. The molecule has 24 heavy (non-hydrogen) atoms. The highest BCUT2D eigenvalue weighted by Crippen LogP contribution is 2.21. The number of nitrogens with one attached hydrogen (secondary N) is 1. The fourth-order valence-electron chi connectivity index (χ4n) is 2.72. The van der Waals surface area contributed by atoms with Gasteiger partial charge in [0.05, 0.1) is 6.26 Å². The van der Waals surface area contributed by atoms with E-state index in [-0.39, 0.29) is 12.5 Å². The summed E-state index contributed by atoms with van der Waals surface area (Å²) in [5, 5.41) is 3.98. The van der Waals surface area contributed by atoms with Crippen LogP contribution in [-0.2, 0) is 11.2 Å². The molecule has 0 saturated carbocycles. The molecule has 3 aromatic rings. The Morgan fingerprint density at radius 3 is 2.83 bits per heavy atom. The van der Waals surface area contributed by atoms with Crippen LogP contribution < -0.4 is 10.1 Å². The van der Waals surface area contributed by atoms with Crippen molar-refractivity contribution in [2.24, 2.45) is 0 Å². The molecular weight excluding hydrogens is 302 g/mol. The van der Waals surface area contributed by atoms with E-state index in [2.05, 4.69) is 5.32 Å². The number of rotatable bonds is 6. The number of hydrogen-bond acceptors (Lipinski definition) is 3. The summed E-state index contributed by atoms with van der Waals surface area (Å²) < 4.78 is 11.1. The fourth-order valence-corrected chi connectivity index (χ4v) is 2.72. The van der Waals surface area contributed by atoms with Crippen molar-refractivity contribution in [3.63, 3.8) is 0 Å². The van der Waals surface area contributed by atoms with E-state index in [1.807, 2.05) is 56.3 Å². The van der Waals surface area contributed by atoms with Gasteiger partial charge >= 0.3 is 0 Å². The van der Waals surface area contributed by atoms with E-state index in [9.17, 15) is 4.79 Å². The quantitative estimate of drug-likeness (QED) is 0.751. The summed E-state index contributed by atoms with van der Waals surface area (Å²) in [6, 6.07) is 13.8. The molecule has 4 nitrogen and oxygen atoms in total. The van der Waals surface area contributed by atoms with Crippen molar-refractivity contribution in [2.75, 3.05) is 13.2 Å². The minimum Gasteiger partial charge on any atom is -0.484 e. The molecule has 0 unspecified atom stereocenters. The number of aryl methyl sites for hydroxylation is 2. The Balaban J connectivity index is 1.47. The molecule has 0 aliphatic rings. The first-order chi connectivity index (χ1) is 11.6. The Morgan fingerprint density at radius 1 is 1.17 bits per heavy atom. The Hall–Kier alpha value is -2.75. The van der Waals surface area contributed by atoms with Crippen molar-refractivity contribution in [3.05, 3.63) is 65.4 Å². The molecule has 2 aromatic carbocycles. The van der Waals surface area contributed by atoms with Crippen molar-refractivity contribution >= 4 is 16.9 Å². The molecule has 1 amide bonds. The van der Waals surface area contributed by atoms with Crippen LogP contribution in [-0.4, -0.2) is 19.1 Å². The Kier molecular flexibility index (Phi) is 4.85. The lowest BCUT2D eigenvalue weighted by Gasteiger charge is -2.10. The van der Waals surface area contributed by atoms with Crippen LogP contribution in [0.2, 0.25) is 0 Å². The molecule has 1 aromatic heterocycles. The molecule has 0 spiro atoms. The topological polar surface area (TPSA) is 51.5 Å². The molecule has 1 N–H and O–H groups in total. The predicted molar refractivity (Wildman–Crippen MR) is 94.3 cm³/mol. The van der Waals surface area contributed by atoms with Gasteiger partial charge in [-0.1, -0.05) is 35.9 Å². The third-order valence-corrected chi connectivity index (χ3v) is 3.97. The van der Waals surface area contributed by atoms with Crippen molar-refractivity contribution in [1.82, 2.24) is 5.32 Å². The second kappa shape index (κ2) is 7.21. The molecule has 0 atom stereocenters. The van der Waals surface area contributed by atoms with Crippen LogP contribution in [0, 0.1) is 13.8 Å². The third-order valence-electron chi connectivity index (χ3n) is 3.97. The van der Waals surface area contributed by atoms with Crippen LogP contribution >= 0.6 is 0 Å². The first kappa shape index (κ1) is 16.1. The number of carbonyl (C=O) groups excluding carboxylic acids is 1. The Morgan fingerprint density at radius 2 is 2.00 bits per heavy atom. The standard InChI is InChI=1S/C20H21NO3/c1-14-7-8-18(15(2)11-14)24-13-20(22)21-10-9-16-12-23-19-6-4-3-5-17(16)19/h3-8,11-12H,9-10,13H2,1-2H3,(H,21,22). The summed E-state index contributed by atoms with van der Waals surface area (Å²) in [6.45, 7) is 4.59. The molecule has 0 radical (unpaired) electrons. The Labute approximate surface area is 141 Å². The summed E-state index contributed by atoms with van der Waals surface area (Å²) >= 11 is 0. The average Bonchev–Trinajstić information content (AvgIpc) is 2.97. The lowest BCUT2D eigenvalue weighted by atomic mass is 10.1. The zero-order valence-corrected chi connectivity index (χ0v) is 14.0. The minimum absolute atomic E-state index is 0.0238. The molecule has 1 heterocycles. The normalized spacial score (nSPS) is 10.8. The highest BCUT2D eigenvalue weighted by Gasteiger charge is 2.07. The van der Waals surface area contributed by atoms with Gasteiger partial charge in [0.2, 0.25) is 0 Å². The predicted octanol–water partition coefficient (Wildman–Crippen LogP) is 3.79. The number of hydrogen-bond donors (Lipinski definition) is 1. The fraction of sp³-hybridized carbons (Fsp3) is 0.250. The molecule has 4 heteroatoms. The number of amides is 1. The molecule has 0 aliphatic carbocycles. The first-order valence-electron chi connectivity index (χ1n) is 8.05. The van der Waals surface area contributed by atoms with Gasteiger partial charge in [-0.25, -0.2) is 0 Å². The van der Waals surface area contributed by atoms with Gasteiger partial charge in [0, 0.05) is 11.9 Å². The zero-order valence-electron chi connectivity index (χ0n) is 14.0. The number of para-hydroxylation sites is 1. The molecule has 0 saturated heterocycles. The van der Waals surface area contributed by atoms with Crippen LogP contribution in [0.5, 0.6) is 5.75 Å². The highest BCUT2D eigenvalue weighted by atomic mass is 16.5. The van der Waals surface area contributed by atoms with E-state index < -0.39 is 0 Å². The zero-order chi connectivity index (χ0) is 16.9. The number of carbonyl (C=O) groups is 1. The van der Waals surface area contributed by atoms with E-state index in [0.717, 1.165) is 34.3 Å². The van der Waals surface area contributed by atoms with Gasteiger partial charge in [-0.05, 0) is 43.5 Å². The molecule has 0 aliphatic heterocycles. The van der Waals surface area contributed by atoms with E-state index in [0.29, 0.717) is 6.54 Å². The number of fused-ring (bicyclic) bond motifs is 1. The van der Waals surface area contributed by atoms with Crippen molar-refractivity contribution in [3.8, 4) is 5.75 Å². The molecule has 3 rings (SSSR count). The van der Waals surface area contributed by atoms with Crippen LogP contribution in [0.1, 0.15) is 16.7 Å². The highest BCUT2D eigenvalue weighted by molar-refractivity contribution is 5.81. The van der Waals surface area contributed by atoms with E-state index in [4.69, 9.17) is 9.15 Å². The van der Waals surface area contributed by atoms with Crippen LogP contribution in [0.15, 0.2) is 53.1 Å². The summed E-state index contributed by atoms with van der Waals surface area (Å²) in [7, 11) is 0. The van der Waals surface area contributed by atoms with Gasteiger partial charge < -0.3 is 14.5 Å². The summed E-state index contributed by atoms with van der Waals surface area (Å²) in [4.78, 5) is 11.9. The second-order valence-corrected chi connectivity index (χ2v) is 5.91.